The third-order valence-corrected chi connectivity index (χ3v) is 8.11. The molecule has 2 atom stereocenters. The molecule has 1 fully saturated rings. The molecule has 202 valence electrons. The molecule has 3 N–H and O–H groups in total. The van der Waals surface area contributed by atoms with Crippen LogP contribution in [0.15, 0.2) is 67.5 Å². The largest absolute Gasteiger partial charge is 0.439 e. The highest BCUT2D eigenvalue weighted by Gasteiger charge is 2.35. The number of nitrogens with one attached hydrogen (secondary N) is 3. The number of aryl methyl sites for hydroxylation is 1. The second kappa shape index (κ2) is 10.4. The molecule has 11 heteroatoms. The Morgan fingerprint density at radius 3 is 2.65 bits per heavy atom. The molecule has 1 aliphatic heterocycles. The number of benzene rings is 1. The molecule has 4 aromatic rings. The van der Waals surface area contributed by atoms with Gasteiger partial charge in [0.1, 0.15) is 15.5 Å². The number of ether oxygens (including phenoxy) is 1. The summed E-state index contributed by atoms with van der Waals surface area (Å²) in [5.74, 6) is 0.578. The van der Waals surface area contributed by atoms with E-state index >= 15 is 0 Å². The molecule has 0 spiro atoms. The van der Waals surface area contributed by atoms with Gasteiger partial charge in [-0.05, 0) is 56.0 Å². The number of carbonyl (C=O) groups excluding carboxylic acids is 3. The number of hydrogen-bond acceptors (Lipinski definition) is 7. The minimum atomic E-state index is -0.401. The second-order valence-electron chi connectivity index (χ2n) is 9.70. The van der Waals surface area contributed by atoms with Gasteiger partial charge < -0.3 is 20.7 Å². The van der Waals surface area contributed by atoms with Crippen LogP contribution in [-0.4, -0.2) is 39.9 Å². The predicted molar refractivity (Wildman–Crippen MR) is 154 cm³/mol. The molecule has 4 amide bonds. The summed E-state index contributed by atoms with van der Waals surface area (Å²) < 4.78 is 5.85. The van der Waals surface area contributed by atoms with Crippen LogP contribution in [-0.2, 0) is 4.79 Å². The maximum atomic E-state index is 13.5. The van der Waals surface area contributed by atoms with E-state index in [1.807, 2.05) is 37.3 Å². The summed E-state index contributed by atoms with van der Waals surface area (Å²) in [7, 11) is 0. The number of urea groups is 1. The molecule has 1 aliphatic carbocycles. The monoisotopic (exact) mass is 554 g/mol. The molecular weight excluding hydrogens is 528 g/mol. The Bertz CT molecular complexity index is 1650. The lowest BCUT2D eigenvalue weighted by Crippen LogP contribution is -2.37. The quantitative estimate of drug-likeness (QED) is 0.262. The van der Waals surface area contributed by atoms with E-state index < -0.39 is 6.03 Å². The predicted octanol–water partition coefficient (Wildman–Crippen LogP) is 5.43. The van der Waals surface area contributed by atoms with Gasteiger partial charge in [-0.2, -0.15) is 0 Å². The fourth-order valence-corrected chi connectivity index (χ4v) is 6.18. The van der Waals surface area contributed by atoms with Crippen molar-refractivity contribution >= 4 is 56.5 Å². The molecule has 4 heterocycles. The Morgan fingerprint density at radius 1 is 1.12 bits per heavy atom. The average molecular weight is 555 g/mol. The van der Waals surface area contributed by atoms with Crippen molar-refractivity contribution in [2.45, 2.75) is 38.3 Å². The minimum Gasteiger partial charge on any atom is -0.439 e. The summed E-state index contributed by atoms with van der Waals surface area (Å²) >= 11 is 1.23. The molecule has 0 bridgehead atoms. The zero-order chi connectivity index (χ0) is 27.8. The molecule has 0 unspecified atom stereocenters. The molecule has 0 saturated heterocycles. The summed E-state index contributed by atoms with van der Waals surface area (Å²) in [4.78, 5) is 49.9. The number of aromatic nitrogens is 2. The zero-order valence-electron chi connectivity index (χ0n) is 21.6. The summed E-state index contributed by atoms with van der Waals surface area (Å²) in [6.45, 7) is 5.37. The van der Waals surface area contributed by atoms with Crippen molar-refractivity contribution in [1.82, 2.24) is 20.6 Å². The maximum absolute atomic E-state index is 13.5. The van der Waals surface area contributed by atoms with E-state index in [9.17, 15) is 14.4 Å². The van der Waals surface area contributed by atoms with Crippen molar-refractivity contribution in [2.75, 3.05) is 10.2 Å². The Labute approximate surface area is 234 Å². The normalized spacial score (nSPS) is 17.8. The van der Waals surface area contributed by atoms with Crippen molar-refractivity contribution in [3.63, 3.8) is 0 Å². The summed E-state index contributed by atoms with van der Waals surface area (Å²) in [6.07, 6.45) is 6.62. The molecule has 2 aliphatic rings. The molecule has 0 radical (unpaired) electrons. The van der Waals surface area contributed by atoms with E-state index in [4.69, 9.17) is 4.74 Å². The number of hydrogen-bond donors (Lipinski definition) is 3. The molecule has 6 rings (SSSR count). The van der Waals surface area contributed by atoms with Gasteiger partial charge in [-0.15, -0.1) is 11.3 Å². The molecule has 3 aromatic heterocycles. The van der Waals surface area contributed by atoms with Gasteiger partial charge in [0.25, 0.3) is 5.91 Å². The lowest BCUT2D eigenvalue weighted by molar-refractivity contribution is -0.117. The highest BCUT2D eigenvalue weighted by Crippen LogP contribution is 2.46. The zero-order valence-corrected chi connectivity index (χ0v) is 22.5. The number of pyridine rings is 2. The van der Waals surface area contributed by atoms with Crippen molar-refractivity contribution < 1.29 is 19.1 Å². The van der Waals surface area contributed by atoms with Crippen LogP contribution in [0.5, 0.6) is 11.6 Å². The molecule has 10 nitrogen and oxygen atoms in total. The average Bonchev–Trinajstić information content (AvgIpc) is 3.55. The number of para-hydroxylation sites is 1. The third kappa shape index (κ3) is 4.75. The fraction of sp³-hybridized carbons (Fsp3) is 0.207. The SMILES string of the molecule is C=CC(=O)N[C@H]1CC[C@@H](NC(=O)c2sc3nccc4c3c2NC(=O)N4c2cnc(Oc3ccccc3)cc2C)C1. The molecule has 40 heavy (non-hydrogen) atoms. The first-order valence-electron chi connectivity index (χ1n) is 12.9. The van der Waals surface area contributed by atoms with Gasteiger partial charge in [0, 0.05) is 24.3 Å². The van der Waals surface area contributed by atoms with E-state index in [0.717, 1.165) is 18.4 Å². The van der Waals surface area contributed by atoms with Crippen molar-refractivity contribution in [3.05, 3.63) is 78.0 Å². The molecule has 1 saturated carbocycles. The highest BCUT2D eigenvalue weighted by atomic mass is 32.1. The first-order chi connectivity index (χ1) is 19.4. The van der Waals surface area contributed by atoms with Gasteiger partial charge >= 0.3 is 6.03 Å². The lowest BCUT2D eigenvalue weighted by atomic mass is 10.1. The Balaban J connectivity index is 1.27. The number of nitrogens with zero attached hydrogens (tertiary/aromatic N) is 3. The number of anilines is 3. The Hall–Kier alpha value is -4.77. The van der Waals surface area contributed by atoms with Crippen molar-refractivity contribution in [2.24, 2.45) is 0 Å². The van der Waals surface area contributed by atoms with Crippen LogP contribution < -0.4 is 25.6 Å². The summed E-state index contributed by atoms with van der Waals surface area (Å²) in [5.41, 5.74) is 2.45. The highest BCUT2D eigenvalue weighted by molar-refractivity contribution is 7.21. The number of carbonyl (C=O) groups is 3. The van der Waals surface area contributed by atoms with Gasteiger partial charge in [-0.1, -0.05) is 24.8 Å². The summed E-state index contributed by atoms with van der Waals surface area (Å²) in [5, 5.41) is 9.57. The van der Waals surface area contributed by atoms with Crippen LogP contribution in [0.4, 0.5) is 21.9 Å². The number of rotatable bonds is 7. The van der Waals surface area contributed by atoms with Crippen LogP contribution >= 0.6 is 11.3 Å². The number of amides is 4. The smallest absolute Gasteiger partial charge is 0.331 e. The van der Waals surface area contributed by atoms with Crippen molar-refractivity contribution in [1.29, 1.82) is 0 Å². The van der Waals surface area contributed by atoms with Crippen LogP contribution in [0.3, 0.4) is 0 Å². The topological polar surface area (TPSA) is 126 Å². The van der Waals surface area contributed by atoms with Gasteiger partial charge in [0.15, 0.2) is 0 Å². The Morgan fingerprint density at radius 2 is 1.90 bits per heavy atom. The van der Waals surface area contributed by atoms with Gasteiger partial charge in [-0.25, -0.2) is 14.8 Å². The fourth-order valence-electron chi connectivity index (χ4n) is 5.16. The standard InChI is InChI=1S/C29H26N6O4S/c1-3-22(36)32-17-9-10-18(14-17)33-27(37)26-25-24-20(11-12-30-28(24)40-26)35(29(38)34-25)21-15-31-23(13-16(21)2)39-19-7-5-4-6-8-19/h3-8,11-13,15,17-18H,1,9-10,14H2,2H3,(H,32,36)(H,33,37)(H,34,38)/t17-,18+/m0/s1. The first kappa shape index (κ1) is 25.5. The van der Waals surface area contributed by atoms with E-state index in [-0.39, 0.29) is 23.9 Å². The van der Waals surface area contributed by atoms with Crippen molar-refractivity contribution in [3.8, 4) is 11.6 Å². The van der Waals surface area contributed by atoms with E-state index in [2.05, 4.69) is 32.5 Å². The van der Waals surface area contributed by atoms with E-state index in [1.54, 1.807) is 29.4 Å². The van der Waals surface area contributed by atoms with E-state index in [0.29, 0.717) is 50.2 Å². The van der Waals surface area contributed by atoms with Gasteiger partial charge in [-0.3, -0.25) is 14.5 Å². The number of thiophene rings is 1. The Kier molecular flexibility index (Phi) is 6.64. The van der Waals surface area contributed by atoms with Crippen LogP contribution in [0.1, 0.15) is 34.5 Å². The van der Waals surface area contributed by atoms with Crippen LogP contribution in [0.2, 0.25) is 0 Å². The molecular formula is C29H26N6O4S. The maximum Gasteiger partial charge on any atom is 0.331 e. The minimum absolute atomic E-state index is 0.0144. The van der Waals surface area contributed by atoms with Gasteiger partial charge in [0.05, 0.1) is 28.6 Å². The lowest BCUT2D eigenvalue weighted by Gasteiger charge is -2.29. The van der Waals surface area contributed by atoms with Gasteiger partial charge in [0.2, 0.25) is 11.8 Å². The first-order valence-corrected chi connectivity index (χ1v) is 13.7. The third-order valence-electron chi connectivity index (χ3n) is 7.02. The summed E-state index contributed by atoms with van der Waals surface area (Å²) in [6, 6.07) is 12.4. The van der Waals surface area contributed by atoms with Crippen LogP contribution in [0.25, 0.3) is 10.2 Å². The van der Waals surface area contributed by atoms with E-state index in [1.165, 1.54) is 17.4 Å². The van der Waals surface area contributed by atoms with Crippen LogP contribution in [0, 0.1) is 6.92 Å². The second-order valence-corrected chi connectivity index (χ2v) is 10.7. The molecule has 1 aromatic carbocycles.